The first kappa shape index (κ1) is 24.6. The van der Waals surface area contributed by atoms with Crippen molar-refractivity contribution in [2.75, 3.05) is 20.8 Å². The highest BCUT2D eigenvalue weighted by molar-refractivity contribution is 6.76. The van der Waals surface area contributed by atoms with Gasteiger partial charge in [0.25, 0.3) is 3.79 Å². The van der Waals surface area contributed by atoms with E-state index in [9.17, 15) is 4.79 Å². The zero-order valence-corrected chi connectivity index (χ0v) is 18.2. The van der Waals surface area contributed by atoms with Crippen molar-refractivity contribution in [2.24, 2.45) is 0 Å². The van der Waals surface area contributed by atoms with Gasteiger partial charge >= 0.3 is 5.97 Å². The van der Waals surface area contributed by atoms with Gasteiger partial charge in [-0.25, -0.2) is 4.79 Å². The predicted octanol–water partition coefficient (Wildman–Crippen LogP) is 4.84. The van der Waals surface area contributed by atoms with Crippen LogP contribution in [-0.2, 0) is 25.6 Å². The number of esters is 1. The molecular formula is C19H24Cl3NO5. The van der Waals surface area contributed by atoms with Crippen LogP contribution in [0.2, 0.25) is 0 Å². The number of carbonyl (C=O) groups excluding carboxylic acids is 1. The Labute approximate surface area is 180 Å². The third-order valence-electron chi connectivity index (χ3n) is 3.61. The lowest BCUT2D eigenvalue weighted by Crippen LogP contribution is -2.25. The Morgan fingerprint density at radius 3 is 2.39 bits per heavy atom. The van der Waals surface area contributed by atoms with Crippen LogP contribution in [-0.4, -0.2) is 42.6 Å². The van der Waals surface area contributed by atoms with Crippen molar-refractivity contribution in [3.8, 4) is 5.75 Å². The SMILES string of the molecule is COC(=O)/C(=C/[C@H](C)OC(=N)C(Cl)(Cl)Cl)CCCOCc1ccc(OC)cc1. The van der Waals surface area contributed by atoms with Crippen LogP contribution < -0.4 is 4.74 Å². The average Bonchev–Trinajstić information content (AvgIpc) is 2.65. The van der Waals surface area contributed by atoms with E-state index >= 15 is 0 Å². The molecule has 0 radical (unpaired) electrons. The molecule has 0 fully saturated rings. The van der Waals surface area contributed by atoms with Gasteiger partial charge in [0.2, 0.25) is 5.90 Å². The molecule has 0 aliphatic heterocycles. The van der Waals surface area contributed by atoms with Crippen molar-refractivity contribution in [1.82, 2.24) is 0 Å². The lowest BCUT2D eigenvalue weighted by molar-refractivity contribution is -0.136. The van der Waals surface area contributed by atoms with E-state index in [1.165, 1.54) is 7.11 Å². The number of alkyl halides is 3. The van der Waals surface area contributed by atoms with Gasteiger partial charge in [-0.2, -0.15) is 0 Å². The minimum absolute atomic E-state index is 0.403. The largest absolute Gasteiger partial charge is 0.497 e. The molecule has 0 amide bonds. The molecule has 1 rings (SSSR count). The molecule has 0 unspecified atom stereocenters. The van der Waals surface area contributed by atoms with Gasteiger partial charge in [-0.1, -0.05) is 46.9 Å². The first-order valence-corrected chi connectivity index (χ1v) is 9.62. The van der Waals surface area contributed by atoms with E-state index in [2.05, 4.69) is 0 Å². The Balaban J connectivity index is 2.50. The molecule has 9 heteroatoms. The normalized spacial score (nSPS) is 13.0. The molecule has 0 spiro atoms. The number of rotatable bonds is 10. The highest BCUT2D eigenvalue weighted by atomic mass is 35.6. The summed E-state index contributed by atoms with van der Waals surface area (Å²) in [5.41, 5.74) is 1.43. The van der Waals surface area contributed by atoms with Crippen molar-refractivity contribution in [2.45, 2.75) is 36.3 Å². The average molecular weight is 453 g/mol. The topological polar surface area (TPSA) is 77.8 Å². The van der Waals surface area contributed by atoms with E-state index in [1.807, 2.05) is 24.3 Å². The van der Waals surface area contributed by atoms with Gasteiger partial charge in [0.15, 0.2) is 0 Å². The lowest BCUT2D eigenvalue weighted by atomic mass is 10.1. The van der Waals surface area contributed by atoms with Crippen LogP contribution in [0.1, 0.15) is 25.3 Å². The highest BCUT2D eigenvalue weighted by Crippen LogP contribution is 2.28. The van der Waals surface area contributed by atoms with Crippen LogP contribution in [0.3, 0.4) is 0 Å². The van der Waals surface area contributed by atoms with Gasteiger partial charge in [0, 0.05) is 12.2 Å². The standard InChI is InChI=1S/C19H24Cl3NO5/c1-13(28-18(23)19(20,21)22)11-15(17(24)26-3)5-4-10-27-12-14-6-8-16(25-2)9-7-14/h6-9,11,13,23H,4-5,10,12H2,1-3H3/b15-11+,23-18?/t13-/m0/s1. The third-order valence-corrected chi connectivity index (χ3v) is 4.12. The van der Waals surface area contributed by atoms with Crippen molar-refractivity contribution < 1.29 is 23.7 Å². The van der Waals surface area contributed by atoms with Crippen molar-refractivity contribution in [3.05, 3.63) is 41.5 Å². The third kappa shape index (κ3) is 9.15. The quantitative estimate of drug-likeness (QED) is 0.137. The zero-order chi connectivity index (χ0) is 21.2. The number of carbonyl (C=O) groups is 1. The summed E-state index contributed by atoms with van der Waals surface area (Å²) in [6, 6.07) is 7.59. The molecule has 28 heavy (non-hydrogen) atoms. The van der Waals surface area contributed by atoms with Gasteiger partial charge < -0.3 is 18.9 Å². The van der Waals surface area contributed by atoms with Crippen LogP contribution in [0.5, 0.6) is 5.75 Å². The Morgan fingerprint density at radius 1 is 1.21 bits per heavy atom. The number of nitrogens with one attached hydrogen (secondary N) is 1. The summed E-state index contributed by atoms with van der Waals surface area (Å²) in [5.74, 6) is -0.213. The molecule has 0 aromatic heterocycles. The van der Waals surface area contributed by atoms with Gasteiger partial charge in [0.1, 0.15) is 11.9 Å². The summed E-state index contributed by atoms with van der Waals surface area (Å²) in [7, 11) is 2.91. The van der Waals surface area contributed by atoms with Gasteiger partial charge in [-0.05, 0) is 43.5 Å². The molecule has 0 aliphatic carbocycles. The van der Waals surface area contributed by atoms with Gasteiger partial charge in [-0.3, -0.25) is 5.41 Å². The highest BCUT2D eigenvalue weighted by Gasteiger charge is 2.29. The van der Waals surface area contributed by atoms with E-state index in [0.29, 0.717) is 31.6 Å². The molecule has 156 valence electrons. The number of halogens is 3. The summed E-state index contributed by atoms with van der Waals surface area (Å²) in [5, 5.41) is 7.58. The Hall–Kier alpha value is -1.47. The fourth-order valence-corrected chi connectivity index (χ4v) is 2.36. The second-order valence-electron chi connectivity index (χ2n) is 5.84. The molecule has 1 aromatic rings. The number of benzene rings is 1. The summed E-state index contributed by atoms with van der Waals surface area (Å²) < 4.78 is 18.8. The van der Waals surface area contributed by atoms with E-state index in [0.717, 1.165) is 11.3 Å². The Morgan fingerprint density at radius 2 is 1.86 bits per heavy atom. The smallest absolute Gasteiger partial charge is 0.333 e. The van der Waals surface area contributed by atoms with Crippen LogP contribution in [0.15, 0.2) is 35.9 Å². The van der Waals surface area contributed by atoms with Crippen molar-refractivity contribution in [3.63, 3.8) is 0 Å². The van der Waals surface area contributed by atoms with Crippen LogP contribution in [0.4, 0.5) is 0 Å². The number of hydrogen-bond acceptors (Lipinski definition) is 6. The van der Waals surface area contributed by atoms with Crippen molar-refractivity contribution >= 4 is 46.7 Å². The van der Waals surface area contributed by atoms with E-state index < -0.39 is 21.8 Å². The molecular weight excluding hydrogens is 429 g/mol. The summed E-state index contributed by atoms with van der Waals surface area (Å²) in [6.07, 6.45) is 1.92. The maximum Gasteiger partial charge on any atom is 0.333 e. The monoisotopic (exact) mass is 451 g/mol. The second kappa shape index (κ2) is 12.2. The molecule has 0 aliphatic rings. The zero-order valence-electron chi connectivity index (χ0n) is 16.0. The molecule has 1 N–H and O–H groups in total. The van der Waals surface area contributed by atoms with Gasteiger partial charge in [-0.15, -0.1) is 0 Å². The molecule has 0 saturated heterocycles. The molecule has 0 bridgehead atoms. The minimum Gasteiger partial charge on any atom is -0.497 e. The Bertz CT molecular complexity index is 671. The van der Waals surface area contributed by atoms with E-state index in [1.54, 1.807) is 20.1 Å². The summed E-state index contributed by atoms with van der Waals surface area (Å²) >= 11 is 16.8. The van der Waals surface area contributed by atoms with Crippen LogP contribution in [0.25, 0.3) is 0 Å². The molecule has 1 atom stereocenters. The maximum absolute atomic E-state index is 11.9. The first-order chi connectivity index (χ1) is 13.2. The van der Waals surface area contributed by atoms with Crippen LogP contribution >= 0.6 is 34.8 Å². The fraction of sp³-hybridized carbons (Fsp3) is 0.474. The Kier molecular flexibility index (Phi) is 10.7. The lowest BCUT2D eigenvalue weighted by Gasteiger charge is -2.18. The van der Waals surface area contributed by atoms with E-state index in [4.69, 9.17) is 59.2 Å². The predicted molar refractivity (Wildman–Crippen MR) is 111 cm³/mol. The fourth-order valence-electron chi connectivity index (χ4n) is 2.23. The summed E-state index contributed by atoms with van der Waals surface area (Å²) in [4.78, 5) is 11.9. The minimum atomic E-state index is -1.96. The molecule has 6 nitrogen and oxygen atoms in total. The number of methoxy groups -OCH3 is 2. The van der Waals surface area contributed by atoms with E-state index in [-0.39, 0.29) is 0 Å². The molecule has 1 aromatic carbocycles. The number of ether oxygens (including phenoxy) is 4. The second-order valence-corrected chi connectivity index (χ2v) is 8.12. The summed E-state index contributed by atoms with van der Waals surface area (Å²) in [6.45, 7) is 2.55. The van der Waals surface area contributed by atoms with Gasteiger partial charge in [0.05, 0.1) is 20.8 Å². The molecule has 0 saturated carbocycles. The van der Waals surface area contributed by atoms with Crippen LogP contribution in [0, 0.1) is 5.41 Å². The number of hydrogen-bond donors (Lipinski definition) is 1. The van der Waals surface area contributed by atoms with Crippen molar-refractivity contribution in [1.29, 1.82) is 5.41 Å². The maximum atomic E-state index is 11.9. The molecule has 0 heterocycles. The first-order valence-electron chi connectivity index (χ1n) is 8.49.